The van der Waals surface area contributed by atoms with Crippen LogP contribution in [0.1, 0.15) is 50.2 Å². The van der Waals surface area contributed by atoms with Gasteiger partial charge in [0.25, 0.3) is 11.9 Å². The van der Waals surface area contributed by atoms with Crippen molar-refractivity contribution in [3.8, 4) is 0 Å². The van der Waals surface area contributed by atoms with E-state index in [4.69, 9.17) is 9.47 Å². The van der Waals surface area contributed by atoms with Gasteiger partial charge in [0, 0.05) is 32.1 Å². The molecule has 6 nitrogen and oxygen atoms in total. The van der Waals surface area contributed by atoms with Gasteiger partial charge in [-0.3, -0.25) is 9.79 Å². The zero-order valence-electron chi connectivity index (χ0n) is 16.7. The van der Waals surface area contributed by atoms with E-state index >= 15 is 0 Å². The Balaban J connectivity index is 1.16. The lowest BCUT2D eigenvalue weighted by molar-refractivity contribution is -0.130. The Labute approximate surface area is 170 Å². The van der Waals surface area contributed by atoms with Crippen LogP contribution in [0.15, 0.2) is 45.4 Å². The minimum atomic E-state index is -0.832. The van der Waals surface area contributed by atoms with E-state index in [0.29, 0.717) is 25.5 Å². The number of fused-ring (bicyclic) bond motifs is 2. The molecule has 0 bridgehead atoms. The average Bonchev–Trinajstić information content (AvgIpc) is 3.37. The summed E-state index contributed by atoms with van der Waals surface area (Å²) in [5.74, 6) is -0.134. The second kappa shape index (κ2) is 6.02. The van der Waals surface area contributed by atoms with Gasteiger partial charge in [0.1, 0.15) is 0 Å². The maximum atomic E-state index is 12.9. The van der Waals surface area contributed by atoms with Crippen molar-refractivity contribution in [2.24, 2.45) is 9.98 Å². The molecule has 1 aliphatic carbocycles. The van der Waals surface area contributed by atoms with E-state index in [2.05, 4.69) is 46.1 Å². The first-order valence-electron chi connectivity index (χ1n) is 10.6. The lowest BCUT2D eigenvalue weighted by Crippen LogP contribution is -2.46. The van der Waals surface area contributed by atoms with Gasteiger partial charge in [-0.15, -0.1) is 0 Å². The Morgan fingerprint density at radius 1 is 1.14 bits per heavy atom. The number of benzene rings is 1. The molecule has 1 aromatic rings. The number of hydrogen-bond donors (Lipinski definition) is 0. The summed E-state index contributed by atoms with van der Waals surface area (Å²) in [6.07, 6.45) is 5.87. The van der Waals surface area contributed by atoms with Crippen molar-refractivity contribution in [1.82, 2.24) is 4.90 Å². The molecule has 6 heteroatoms. The second-order valence-corrected chi connectivity index (χ2v) is 9.04. The van der Waals surface area contributed by atoms with Gasteiger partial charge < -0.3 is 14.4 Å². The molecular formula is C23H25N3O3. The minimum absolute atomic E-state index is 0.134. The third-order valence-corrected chi connectivity index (χ3v) is 7.18. The number of aliphatic imine (C=N–C) groups is 2. The highest BCUT2D eigenvalue weighted by Gasteiger charge is 2.53. The summed E-state index contributed by atoms with van der Waals surface area (Å²) < 4.78 is 12.5. The lowest BCUT2D eigenvalue weighted by atomic mass is 9.84. The van der Waals surface area contributed by atoms with E-state index in [0.717, 1.165) is 32.4 Å². The molecule has 0 N–H and O–H groups in total. The van der Waals surface area contributed by atoms with Crippen LogP contribution in [0, 0.1) is 0 Å². The van der Waals surface area contributed by atoms with Crippen LogP contribution in [0.25, 0.3) is 0 Å². The fourth-order valence-corrected chi connectivity index (χ4v) is 5.57. The number of amidine groups is 1. The summed E-state index contributed by atoms with van der Waals surface area (Å²) in [5.41, 5.74) is 4.06. The number of nitrogens with zero attached hydrogens (tertiary/aromatic N) is 3. The summed E-state index contributed by atoms with van der Waals surface area (Å²) in [7, 11) is 0. The molecule has 4 heterocycles. The highest BCUT2D eigenvalue weighted by molar-refractivity contribution is 6.03. The maximum Gasteiger partial charge on any atom is 0.296 e. The van der Waals surface area contributed by atoms with Crippen LogP contribution >= 0.6 is 0 Å². The van der Waals surface area contributed by atoms with Crippen LogP contribution in [-0.2, 0) is 26.5 Å². The SMILES string of the molecule is CC1CC2=C(C=N1)CC1(C2)OC(N2CCC3(CC2)OCc2ccccc23)=NC1=O. The molecule has 2 unspecified atom stereocenters. The summed E-state index contributed by atoms with van der Waals surface area (Å²) in [6, 6.07) is 9.30. The highest BCUT2D eigenvalue weighted by Crippen LogP contribution is 2.46. The number of carbonyl (C=O) groups excluding carboxylic acids is 1. The number of rotatable bonds is 0. The molecule has 6 rings (SSSR count). The van der Waals surface area contributed by atoms with Crippen molar-refractivity contribution in [3.05, 3.63) is 46.5 Å². The number of hydrogen-bond acceptors (Lipinski definition) is 5. The minimum Gasteiger partial charge on any atom is -0.447 e. The van der Waals surface area contributed by atoms with Crippen LogP contribution in [-0.4, -0.2) is 47.8 Å². The summed E-state index contributed by atoms with van der Waals surface area (Å²) in [6.45, 7) is 4.36. The number of amides is 1. The van der Waals surface area contributed by atoms with Crippen LogP contribution in [0.5, 0.6) is 0 Å². The zero-order chi connectivity index (χ0) is 19.6. The van der Waals surface area contributed by atoms with Gasteiger partial charge in [0.15, 0.2) is 0 Å². The fraction of sp³-hybridized carbons (Fsp3) is 0.522. The summed E-state index contributed by atoms with van der Waals surface area (Å²) >= 11 is 0. The Morgan fingerprint density at radius 3 is 2.83 bits per heavy atom. The number of dihydropyridines is 1. The van der Waals surface area contributed by atoms with E-state index in [1.807, 2.05) is 6.21 Å². The molecule has 1 fully saturated rings. The smallest absolute Gasteiger partial charge is 0.296 e. The van der Waals surface area contributed by atoms with Gasteiger partial charge in [-0.25, -0.2) is 0 Å². The van der Waals surface area contributed by atoms with Crippen LogP contribution in [0.4, 0.5) is 0 Å². The topological polar surface area (TPSA) is 63.5 Å². The van der Waals surface area contributed by atoms with Crippen molar-refractivity contribution >= 4 is 18.1 Å². The maximum absolute atomic E-state index is 12.9. The third kappa shape index (κ3) is 2.54. The van der Waals surface area contributed by atoms with Crippen molar-refractivity contribution < 1.29 is 14.3 Å². The van der Waals surface area contributed by atoms with Crippen molar-refractivity contribution in [2.45, 2.75) is 62.9 Å². The van der Waals surface area contributed by atoms with Crippen LogP contribution in [0.3, 0.4) is 0 Å². The number of likely N-dealkylation sites (tertiary alicyclic amines) is 1. The fourth-order valence-electron chi connectivity index (χ4n) is 5.57. The average molecular weight is 391 g/mol. The summed E-state index contributed by atoms with van der Waals surface area (Å²) in [5, 5.41) is 0. The molecular weight excluding hydrogens is 366 g/mol. The normalized spacial score (nSPS) is 32.0. The first-order valence-corrected chi connectivity index (χ1v) is 10.6. The molecule has 1 aromatic carbocycles. The molecule has 150 valence electrons. The second-order valence-electron chi connectivity index (χ2n) is 9.04. The zero-order valence-corrected chi connectivity index (χ0v) is 16.7. The number of carbonyl (C=O) groups is 1. The van der Waals surface area contributed by atoms with Crippen molar-refractivity contribution in [3.63, 3.8) is 0 Å². The van der Waals surface area contributed by atoms with Gasteiger partial charge >= 0.3 is 0 Å². The summed E-state index contributed by atoms with van der Waals surface area (Å²) in [4.78, 5) is 23.8. The van der Waals surface area contributed by atoms with E-state index in [-0.39, 0.29) is 17.6 Å². The predicted octanol–water partition coefficient (Wildman–Crippen LogP) is 3.11. The predicted molar refractivity (Wildman–Crippen MR) is 109 cm³/mol. The van der Waals surface area contributed by atoms with E-state index in [1.54, 1.807) is 0 Å². The molecule has 29 heavy (non-hydrogen) atoms. The molecule has 2 spiro atoms. The molecule has 2 atom stereocenters. The van der Waals surface area contributed by atoms with Gasteiger partial charge in [-0.05, 0) is 42.9 Å². The molecule has 5 aliphatic rings. The van der Waals surface area contributed by atoms with Gasteiger partial charge in [-0.1, -0.05) is 29.8 Å². The molecule has 4 aliphatic heterocycles. The Hall–Kier alpha value is -2.47. The quantitative estimate of drug-likeness (QED) is 0.682. The van der Waals surface area contributed by atoms with Crippen LogP contribution in [0.2, 0.25) is 0 Å². The Kier molecular flexibility index (Phi) is 3.61. The first-order chi connectivity index (χ1) is 14.1. The number of piperidine rings is 1. The van der Waals surface area contributed by atoms with Crippen molar-refractivity contribution in [2.75, 3.05) is 13.1 Å². The molecule has 0 saturated carbocycles. The monoisotopic (exact) mass is 391 g/mol. The van der Waals surface area contributed by atoms with Crippen molar-refractivity contribution in [1.29, 1.82) is 0 Å². The van der Waals surface area contributed by atoms with Crippen LogP contribution < -0.4 is 0 Å². The van der Waals surface area contributed by atoms with E-state index in [9.17, 15) is 4.79 Å². The Morgan fingerprint density at radius 2 is 1.97 bits per heavy atom. The van der Waals surface area contributed by atoms with Gasteiger partial charge in [0.05, 0.1) is 18.2 Å². The Bertz CT molecular complexity index is 987. The molecule has 0 aromatic heterocycles. The molecule has 0 radical (unpaired) electrons. The molecule has 1 saturated heterocycles. The first kappa shape index (κ1) is 17.4. The highest BCUT2D eigenvalue weighted by atomic mass is 16.5. The third-order valence-electron chi connectivity index (χ3n) is 7.18. The number of ether oxygens (including phenoxy) is 2. The molecule has 1 amide bonds. The lowest BCUT2D eigenvalue weighted by Gasteiger charge is -2.39. The standard InChI is InChI=1S/C23H25N3O3/c1-15-10-17-11-23(12-18(17)13-24-15)20(27)25-21(29-23)26-8-6-22(7-9-26)19-5-3-2-4-16(19)14-28-22/h2-5,13,15H,6-12,14H2,1H3. The largest absolute Gasteiger partial charge is 0.447 e. The van der Waals surface area contributed by atoms with Gasteiger partial charge in [-0.2, -0.15) is 4.99 Å². The van der Waals surface area contributed by atoms with E-state index in [1.165, 1.54) is 22.3 Å². The van der Waals surface area contributed by atoms with Gasteiger partial charge in [0.2, 0.25) is 5.60 Å². The van der Waals surface area contributed by atoms with E-state index < -0.39 is 5.60 Å².